The van der Waals surface area contributed by atoms with E-state index in [1.807, 2.05) is 52.0 Å². The fourth-order valence-electron chi connectivity index (χ4n) is 3.47. The van der Waals surface area contributed by atoms with Crippen LogP contribution in [0.5, 0.6) is 0 Å². The Kier molecular flexibility index (Phi) is 4.56. The van der Waals surface area contributed by atoms with Crippen LogP contribution in [-0.2, 0) is 10.2 Å². The Morgan fingerprint density at radius 3 is 2.55 bits per heavy atom. The highest BCUT2D eigenvalue weighted by molar-refractivity contribution is 6.07. The molecule has 8 heteroatoms. The number of aromatic amines is 1. The van der Waals surface area contributed by atoms with Gasteiger partial charge in [0.15, 0.2) is 5.82 Å². The lowest BCUT2D eigenvalue weighted by atomic mass is 9.88. The van der Waals surface area contributed by atoms with Crippen LogP contribution in [-0.4, -0.2) is 37.1 Å². The molecule has 0 bridgehead atoms. The molecule has 1 amide bonds. The lowest BCUT2D eigenvalue weighted by molar-refractivity contribution is -0.122. The summed E-state index contributed by atoms with van der Waals surface area (Å²) in [7, 11) is 0. The van der Waals surface area contributed by atoms with Crippen LogP contribution in [0.3, 0.4) is 0 Å². The zero-order chi connectivity index (χ0) is 20.8. The molecule has 0 aliphatic carbocycles. The number of nitrogens with zero attached hydrogens (tertiary/aromatic N) is 5. The summed E-state index contributed by atoms with van der Waals surface area (Å²) in [5.41, 5.74) is 2.02. The van der Waals surface area contributed by atoms with Crippen molar-refractivity contribution in [3.63, 3.8) is 0 Å². The highest BCUT2D eigenvalue weighted by Gasteiger charge is 2.46. The first-order chi connectivity index (χ1) is 13.8. The minimum absolute atomic E-state index is 0.0689. The summed E-state index contributed by atoms with van der Waals surface area (Å²) >= 11 is 0. The predicted octanol–water partition coefficient (Wildman–Crippen LogP) is 3.74. The van der Waals surface area contributed by atoms with E-state index < -0.39 is 5.41 Å². The van der Waals surface area contributed by atoms with E-state index in [1.54, 1.807) is 11.1 Å². The molecule has 0 saturated heterocycles. The van der Waals surface area contributed by atoms with Crippen molar-refractivity contribution in [2.75, 3.05) is 10.2 Å². The maximum atomic E-state index is 13.0. The molecule has 1 aromatic carbocycles. The van der Waals surface area contributed by atoms with Gasteiger partial charge >= 0.3 is 0 Å². The molecule has 1 aliphatic rings. The Morgan fingerprint density at radius 1 is 1.21 bits per heavy atom. The van der Waals surface area contributed by atoms with Gasteiger partial charge in [0, 0.05) is 29.1 Å². The molecule has 0 spiro atoms. The number of aryl methyl sites for hydroxylation is 1. The van der Waals surface area contributed by atoms with Gasteiger partial charge in [-0.1, -0.05) is 6.92 Å². The van der Waals surface area contributed by atoms with E-state index in [9.17, 15) is 4.79 Å². The van der Waals surface area contributed by atoms with Crippen LogP contribution in [0.1, 0.15) is 45.5 Å². The Morgan fingerprint density at radius 2 is 1.93 bits per heavy atom. The first-order valence-corrected chi connectivity index (χ1v) is 9.79. The first kappa shape index (κ1) is 19.0. The van der Waals surface area contributed by atoms with Crippen molar-refractivity contribution in [2.45, 2.75) is 52.5 Å². The average molecular weight is 391 g/mol. The molecule has 1 atom stereocenters. The van der Waals surface area contributed by atoms with E-state index in [4.69, 9.17) is 0 Å². The average Bonchev–Trinajstić information content (AvgIpc) is 3.22. The molecule has 0 saturated carbocycles. The van der Waals surface area contributed by atoms with Crippen LogP contribution in [0, 0.1) is 6.92 Å². The van der Waals surface area contributed by atoms with Gasteiger partial charge in [0.05, 0.1) is 5.41 Å². The number of rotatable bonds is 5. The molecule has 2 N–H and O–H groups in total. The van der Waals surface area contributed by atoms with E-state index in [-0.39, 0.29) is 11.9 Å². The van der Waals surface area contributed by atoms with E-state index in [0.717, 1.165) is 29.1 Å². The van der Waals surface area contributed by atoms with Crippen molar-refractivity contribution in [3.05, 3.63) is 41.9 Å². The number of H-pyrrole nitrogens is 1. The smallest absolute Gasteiger partial charge is 0.238 e. The van der Waals surface area contributed by atoms with Crippen molar-refractivity contribution in [1.82, 2.24) is 25.1 Å². The largest absolute Gasteiger partial charge is 0.324 e. The zero-order valence-electron chi connectivity index (χ0n) is 17.3. The van der Waals surface area contributed by atoms with Crippen LogP contribution >= 0.6 is 0 Å². The fourth-order valence-corrected chi connectivity index (χ4v) is 3.47. The van der Waals surface area contributed by atoms with Crippen LogP contribution in [0.4, 0.5) is 17.5 Å². The second-order valence-corrected chi connectivity index (χ2v) is 7.94. The molecule has 0 radical (unpaired) electrons. The van der Waals surface area contributed by atoms with Gasteiger partial charge in [0.2, 0.25) is 11.9 Å². The Labute approximate surface area is 169 Å². The number of hydrogen-bond acceptors (Lipinski definition) is 6. The normalized spacial score (nSPS) is 16.0. The Hall–Kier alpha value is -3.29. The summed E-state index contributed by atoms with van der Waals surface area (Å²) in [6, 6.07) is 7.82. The third-order valence-corrected chi connectivity index (χ3v) is 5.45. The lowest BCUT2D eigenvalue weighted by Crippen LogP contribution is -2.41. The van der Waals surface area contributed by atoms with Gasteiger partial charge in [0.1, 0.15) is 11.6 Å². The van der Waals surface area contributed by atoms with Crippen LogP contribution < -0.4 is 10.2 Å². The Bertz CT molecular complexity index is 1060. The molecular weight excluding hydrogens is 366 g/mol. The van der Waals surface area contributed by atoms with E-state index in [1.165, 1.54) is 0 Å². The van der Waals surface area contributed by atoms with Crippen LogP contribution in [0.2, 0.25) is 0 Å². The van der Waals surface area contributed by atoms with Gasteiger partial charge in [-0.2, -0.15) is 10.1 Å². The second-order valence-electron chi connectivity index (χ2n) is 7.94. The third-order valence-electron chi connectivity index (χ3n) is 5.45. The topological polar surface area (TPSA) is 99.7 Å². The number of carbonyl (C=O) groups is 1. The summed E-state index contributed by atoms with van der Waals surface area (Å²) in [6.45, 7) is 9.84. The number of aromatic nitrogens is 5. The molecule has 2 aromatic heterocycles. The maximum Gasteiger partial charge on any atom is 0.238 e. The number of benzene rings is 1. The molecule has 150 valence electrons. The first-order valence-electron chi connectivity index (χ1n) is 9.79. The van der Waals surface area contributed by atoms with E-state index in [2.05, 4.69) is 37.4 Å². The van der Waals surface area contributed by atoms with Crippen molar-refractivity contribution in [3.8, 4) is 11.4 Å². The second kappa shape index (κ2) is 6.95. The number of nitrogens with one attached hydrogen (secondary N) is 2. The third kappa shape index (κ3) is 3.24. The van der Waals surface area contributed by atoms with Gasteiger partial charge in [-0.25, -0.2) is 9.97 Å². The number of fused-ring (bicyclic) bond motifs is 1. The quantitative estimate of drug-likeness (QED) is 0.687. The molecule has 3 heterocycles. The predicted molar refractivity (Wildman–Crippen MR) is 112 cm³/mol. The van der Waals surface area contributed by atoms with Gasteiger partial charge in [-0.05, 0) is 58.4 Å². The van der Waals surface area contributed by atoms with E-state index in [0.29, 0.717) is 17.6 Å². The van der Waals surface area contributed by atoms with Gasteiger partial charge in [0.25, 0.3) is 0 Å². The minimum Gasteiger partial charge on any atom is -0.324 e. The van der Waals surface area contributed by atoms with Gasteiger partial charge < -0.3 is 5.32 Å². The summed E-state index contributed by atoms with van der Waals surface area (Å²) < 4.78 is 0. The van der Waals surface area contributed by atoms with Crippen molar-refractivity contribution < 1.29 is 4.79 Å². The number of carbonyl (C=O) groups excluding carboxylic acids is 1. The Balaban J connectivity index is 1.61. The van der Waals surface area contributed by atoms with Crippen LogP contribution in [0.15, 0.2) is 30.5 Å². The van der Waals surface area contributed by atoms with Crippen molar-refractivity contribution in [1.29, 1.82) is 0 Å². The number of anilines is 3. The van der Waals surface area contributed by atoms with Gasteiger partial charge in [-0.3, -0.25) is 14.8 Å². The van der Waals surface area contributed by atoms with Crippen molar-refractivity contribution in [2.24, 2.45) is 0 Å². The summed E-state index contributed by atoms with van der Waals surface area (Å²) in [5, 5.41) is 10.2. The number of hydrogen-bond donors (Lipinski definition) is 2. The highest BCUT2D eigenvalue weighted by atomic mass is 16.2. The SMILES string of the molecule is CC[C@H](C)N1C(=O)C(C)(C)c2cnc(Nc3ccc(-c4n[nH]c(C)n4)cc3)nc21. The van der Waals surface area contributed by atoms with Crippen LogP contribution in [0.25, 0.3) is 11.4 Å². The number of amides is 1. The molecule has 8 nitrogen and oxygen atoms in total. The van der Waals surface area contributed by atoms with Crippen molar-refractivity contribution >= 4 is 23.4 Å². The summed E-state index contributed by atoms with van der Waals surface area (Å²) in [5.74, 6) is 2.66. The molecule has 0 unspecified atom stereocenters. The molecule has 1 aliphatic heterocycles. The molecule has 0 fully saturated rings. The molecule has 29 heavy (non-hydrogen) atoms. The molecule has 4 rings (SSSR count). The standard InChI is InChI=1S/C21H25N7O/c1-6-12(2)28-18-16(21(4,5)19(28)29)11-22-20(25-18)24-15-9-7-14(8-10-15)17-23-13(3)26-27-17/h7-12H,6H2,1-5H3,(H,22,24,25)(H,23,26,27)/t12-/m0/s1. The van der Waals surface area contributed by atoms with E-state index >= 15 is 0 Å². The maximum absolute atomic E-state index is 13.0. The lowest BCUT2D eigenvalue weighted by Gasteiger charge is -2.25. The van der Waals surface area contributed by atoms with Gasteiger partial charge in [-0.15, -0.1) is 0 Å². The minimum atomic E-state index is -0.617. The highest BCUT2D eigenvalue weighted by Crippen LogP contribution is 2.41. The summed E-state index contributed by atoms with van der Waals surface area (Å²) in [4.78, 5) is 28.2. The molecular formula is C21H25N7O. The zero-order valence-corrected chi connectivity index (χ0v) is 17.3. The monoisotopic (exact) mass is 391 g/mol. The fraction of sp³-hybridized carbons (Fsp3) is 0.381. The molecule has 3 aromatic rings. The summed E-state index contributed by atoms with van der Waals surface area (Å²) in [6.07, 6.45) is 2.62.